The summed E-state index contributed by atoms with van der Waals surface area (Å²) in [5.41, 5.74) is 0.627. The van der Waals surface area contributed by atoms with Crippen LogP contribution in [0.15, 0.2) is 24.3 Å². The molecule has 1 aromatic rings. The van der Waals surface area contributed by atoms with Crippen molar-refractivity contribution >= 4 is 17.5 Å². The summed E-state index contributed by atoms with van der Waals surface area (Å²) in [5, 5.41) is 4.39. The van der Waals surface area contributed by atoms with E-state index in [4.69, 9.17) is 0 Å². The zero-order valence-electron chi connectivity index (χ0n) is 11.0. The first-order chi connectivity index (χ1) is 9.20. The number of rotatable bonds is 4. The van der Waals surface area contributed by atoms with Gasteiger partial charge in [0.05, 0.1) is 0 Å². The van der Waals surface area contributed by atoms with Gasteiger partial charge in [0.1, 0.15) is 0 Å². The summed E-state index contributed by atoms with van der Waals surface area (Å²) in [6.07, 6.45) is -4.93. The van der Waals surface area contributed by atoms with Gasteiger partial charge in [-0.15, -0.1) is 0 Å². The van der Waals surface area contributed by atoms with E-state index in [0.29, 0.717) is 5.56 Å². The average Bonchev–Trinajstić information content (AvgIpc) is 2.35. The van der Waals surface area contributed by atoms with Crippen molar-refractivity contribution in [1.29, 1.82) is 0 Å². The van der Waals surface area contributed by atoms with Gasteiger partial charge in [-0.1, -0.05) is 26.0 Å². The number of amides is 2. The van der Waals surface area contributed by atoms with E-state index >= 15 is 0 Å². The van der Waals surface area contributed by atoms with Crippen LogP contribution in [0.4, 0.5) is 18.9 Å². The van der Waals surface area contributed by atoms with Gasteiger partial charge in [0.15, 0.2) is 0 Å². The highest BCUT2D eigenvalue weighted by Crippen LogP contribution is 2.18. The molecule has 20 heavy (non-hydrogen) atoms. The third-order valence-electron chi connectivity index (χ3n) is 2.43. The first kappa shape index (κ1) is 16.0. The maximum atomic E-state index is 12.1. The van der Waals surface area contributed by atoms with Gasteiger partial charge in [-0.2, -0.15) is 13.2 Å². The van der Waals surface area contributed by atoms with Crippen LogP contribution in [0.1, 0.15) is 19.4 Å². The quantitative estimate of drug-likeness (QED) is 0.894. The van der Waals surface area contributed by atoms with E-state index in [-0.39, 0.29) is 24.1 Å². The first-order valence-corrected chi connectivity index (χ1v) is 5.95. The van der Waals surface area contributed by atoms with E-state index in [0.717, 1.165) is 0 Å². The molecule has 7 heteroatoms. The zero-order valence-corrected chi connectivity index (χ0v) is 11.0. The molecule has 110 valence electrons. The van der Waals surface area contributed by atoms with Crippen LogP contribution in [-0.2, 0) is 16.1 Å². The second-order valence-corrected chi connectivity index (χ2v) is 4.52. The molecule has 0 aromatic heterocycles. The van der Waals surface area contributed by atoms with E-state index in [1.165, 1.54) is 18.2 Å². The minimum absolute atomic E-state index is 0.0311. The van der Waals surface area contributed by atoms with Crippen LogP contribution in [0, 0.1) is 5.92 Å². The molecule has 2 amide bonds. The van der Waals surface area contributed by atoms with Crippen LogP contribution in [0.5, 0.6) is 0 Å². The van der Waals surface area contributed by atoms with Crippen molar-refractivity contribution in [3.8, 4) is 0 Å². The van der Waals surface area contributed by atoms with Crippen LogP contribution in [-0.4, -0.2) is 18.0 Å². The molecule has 0 heterocycles. The predicted octanol–water partition coefficient (Wildman–Crippen LogP) is 2.46. The highest BCUT2D eigenvalue weighted by Gasteiger charge is 2.38. The lowest BCUT2D eigenvalue weighted by Gasteiger charge is -2.11. The lowest BCUT2D eigenvalue weighted by atomic mass is 10.1. The molecule has 0 bridgehead atoms. The summed E-state index contributed by atoms with van der Waals surface area (Å²) in [4.78, 5) is 22.2. The van der Waals surface area contributed by atoms with Gasteiger partial charge >= 0.3 is 12.1 Å². The fourth-order valence-electron chi connectivity index (χ4n) is 1.35. The van der Waals surface area contributed by atoms with Crippen LogP contribution in [0.25, 0.3) is 0 Å². The molecule has 0 radical (unpaired) electrons. The largest absolute Gasteiger partial charge is 0.471 e. The smallest absolute Gasteiger partial charge is 0.352 e. The number of anilines is 1. The normalized spacial score (nSPS) is 11.3. The summed E-state index contributed by atoms with van der Waals surface area (Å²) in [5.74, 6) is -2.36. The van der Waals surface area contributed by atoms with Gasteiger partial charge in [0.2, 0.25) is 5.91 Å². The van der Waals surface area contributed by atoms with Crippen molar-refractivity contribution in [2.24, 2.45) is 5.92 Å². The molecule has 0 aliphatic rings. The maximum Gasteiger partial charge on any atom is 0.471 e. The van der Waals surface area contributed by atoms with E-state index in [1.54, 1.807) is 25.2 Å². The topological polar surface area (TPSA) is 58.2 Å². The van der Waals surface area contributed by atoms with Crippen LogP contribution >= 0.6 is 0 Å². The third kappa shape index (κ3) is 4.91. The Morgan fingerprint density at radius 1 is 1.25 bits per heavy atom. The van der Waals surface area contributed by atoms with Crippen molar-refractivity contribution in [3.63, 3.8) is 0 Å². The number of benzene rings is 1. The number of alkyl halides is 3. The molecule has 0 fully saturated rings. The molecular weight excluding hydrogens is 273 g/mol. The van der Waals surface area contributed by atoms with E-state index < -0.39 is 12.1 Å². The minimum atomic E-state index is -4.93. The molecule has 0 saturated carbocycles. The van der Waals surface area contributed by atoms with Gasteiger partial charge in [-0.25, -0.2) is 0 Å². The third-order valence-corrected chi connectivity index (χ3v) is 2.43. The van der Waals surface area contributed by atoms with Crippen molar-refractivity contribution in [1.82, 2.24) is 5.32 Å². The molecule has 0 spiro atoms. The van der Waals surface area contributed by atoms with Gasteiger partial charge in [0, 0.05) is 18.2 Å². The number of carbonyl (C=O) groups excluding carboxylic acids is 2. The Hall–Kier alpha value is -2.05. The average molecular weight is 288 g/mol. The van der Waals surface area contributed by atoms with Gasteiger partial charge < -0.3 is 10.6 Å². The zero-order chi connectivity index (χ0) is 15.3. The summed E-state index contributed by atoms with van der Waals surface area (Å²) in [7, 11) is 0. The number of hydrogen-bond donors (Lipinski definition) is 2. The minimum Gasteiger partial charge on any atom is -0.352 e. The van der Waals surface area contributed by atoms with Crippen LogP contribution in [0.3, 0.4) is 0 Å². The van der Waals surface area contributed by atoms with Gasteiger partial charge in [-0.3, -0.25) is 9.59 Å². The highest BCUT2D eigenvalue weighted by molar-refractivity contribution is 5.94. The Kier molecular flexibility index (Phi) is 5.12. The van der Waals surface area contributed by atoms with Crippen molar-refractivity contribution in [3.05, 3.63) is 29.8 Å². The Morgan fingerprint density at radius 3 is 2.45 bits per heavy atom. The Balaban J connectivity index is 2.67. The Morgan fingerprint density at radius 2 is 1.90 bits per heavy atom. The summed E-state index contributed by atoms with van der Waals surface area (Å²) in [6, 6.07) is 5.87. The van der Waals surface area contributed by atoms with Crippen LogP contribution in [0.2, 0.25) is 0 Å². The molecule has 1 aromatic carbocycles. The Labute approximate surface area is 114 Å². The highest BCUT2D eigenvalue weighted by atomic mass is 19.4. The fraction of sp³-hybridized carbons (Fsp3) is 0.385. The number of hydrogen-bond acceptors (Lipinski definition) is 2. The van der Waals surface area contributed by atoms with Gasteiger partial charge in [0.25, 0.3) is 0 Å². The maximum absolute atomic E-state index is 12.1. The second kappa shape index (κ2) is 6.40. The SMILES string of the molecule is CC(C)C(=O)NCc1cccc(NC(=O)C(F)(F)F)c1. The lowest BCUT2D eigenvalue weighted by molar-refractivity contribution is -0.167. The van der Waals surface area contributed by atoms with E-state index in [9.17, 15) is 22.8 Å². The Bertz CT molecular complexity index is 499. The molecule has 0 atom stereocenters. The summed E-state index contributed by atoms with van der Waals surface area (Å²) < 4.78 is 36.3. The molecule has 0 unspecified atom stereocenters. The molecule has 0 saturated heterocycles. The van der Waals surface area contributed by atoms with Crippen LogP contribution < -0.4 is 10.6 Å². The standard InChI is InChI=1S/C13H15F3N2O2/c1-8(2)11(19)17-7-9-4-3-5-10(6-9)18-12(20)13(14,15)16/h3-6,8H,7H2,1-2H3,(H,17,19)(H,18,20). The monoisotopic (exact) mass is 288 g/mol. The van der Waals surface area contributed by atoms with E-state index in [2.05, 4.69) is 5.32 Å². The molecule has 2 N–H and O–H groups in total. The molecule has 4 nitrogen and oxygen atoms in total. The van der Waals surface area contributed by atoms with Gasteiger partial charge in [-0.05, 0) is 17.7 Å². The fourth-order valence-corrected chi connectivity index (χ4v) is 1.35. The van der Waals surface area contributed by atoms with Crippen molar-refractivity contribution in [2.75, 3.05) is 5.32 Å². The first-order valence-electron chi connectivity index (χ1n) is 5.95. The predicted molar refractivity (Wildman–Crippen MR) is 67.8 cm³/mol. The number of carbonyl (C=O) groups is 2. The number of nitrogens with one attached hydrogen (secondary N) is 2. The van der Waals surface area contributed by atoms with Crippen molar-refractivity contribution < 1.29 is 22.8 Å². The lowest BCUT2D eigenvalue weighted by Crippen LogP contribution is -2.30. The van der Waals surface area contributed by atoms with Crippen molar-refractivity contribution in [2.45, 2.75) is 26.6 Å². The molecule has 0 aliphatic carbocycles. The molecule has 1 rings (SSSR count). The number of halogens is 3. The summed E-state index contributed by atoms with van der Waals surface area (Å²) >= 11 is 0. The van der Waals surface area contributed by atoms with E-state index in [1.807, 2.05) is 0 Å². The summed E-state index contributed by atoms with van der Waals surface area (Å²) in [6.45, 7) is 3.65. The second-order valence-electron chi connectivity index (χ2n) is 4.52. The molecule has 0 aliphatic heterocycles. The molecular formula is C13H15F3N2O2.